The van der Waals surface area contributed by atoms with Crippen molar-refractivity contribution in [2.75, 3.05) is 0 Å². The van der Waals surface area contributed by atoms with Gasteiger partial charge in [-0.25, -0.2) is 4.79 Å². The third-order valence-corrected chi connectivity index (χ3v) is 13.8. The van der Waals surface area contributed by atoms with E-state index >= 15 is 0 Å². The Labute approximate surface area is 196 Å². The molecular weight excluding hydrogens is 422 g/mol. The first-order chi connectivity index (χ1) is 14.6. The highest BCUT2D eigenvalue weighted by molar-refractivity contribution is 6.77. The zero-order chi connectivity index (χ0) is 24.6. The Bertz CT molecular complexity index is 652. The molecule has 1 amide bonds. The molecular formula is C25H47NO5Si. The van der Waals surface area contributed by atoms with Gasteiger partial charge in [0, 0.05) is 5.92 Å². The van der Waals surface area contributed by atoms with Crippen molar-refractivity contribution in [3.63, 3.8) is 0 Å². The lowest BCUT2D eigenvalue weighted by atomic mass is 9.66. The summed E-state index contributed by atoms with van der Waals surface area (Å²) in [6.45, 7) is 22.9. The summed E-state index contributed by atoms with van der Waals surface area (Å²) in [6.07, 6.45) is 1.21. The van der Waals surface area contributed by atoms with Crippen LogP contribution in [0.2, 0.25) is 16.6 Å². The van der Waals surface area contributed by atoms with Gasteiger partial charge in [-0.3, -0.25) is 4.90 Å². The monoisotopic (exact) mass is 469 g/mol. The van der Waals surface area contributed by atoms with E-state index in [1.54, 1.807) is 26.8 Å². The Morgan fingerprint density at radius 1 is 1.16 bits per heavy atom. The number of hydrogen-bond donors (Lipinski definition) is 2. The van der Waals surface area contributed by atoms with Gasteiger partial charge in [-0.1, -0.05) is 47.6 Å². The molecule has 0 radical (unpaired) electrons. The second kappa shape index (κ2) is 9.77. The Hall–Kier alpha value is -0.893. The predicted molar refractivity (Wildman–Crippen MR) is 131 cm³/mol. The summed E-state index contributed by atoms with van der Waals surface area (Å²) < 4.78 is 12.7. The number of aliphatic hydroxyl groups excluding tert-OH is 2. The third kappa shape index (κ3) is 4.96. The molecule has 0 aromatic rings. The fourth-order valence-corrected chi connectivity index (χ4v) is 12.1. The maximum absolute atomic E-state index is 13.1. The van der Waals surface area contributed by atoms with E-state index in [1.807, 2.05) is 0 Å². The summed E-state index contributed by atoms with van der Waals surface area (Å²) in [7, 11) is -2.15. The highest BCUT2D eigenvalue weighted by atomic mass is 28.4. The van der Waals surface area contributed by atoms with Gasteiger partial charge in [0.1, 0.15) is 11.7 Å². The molecule has 2 rings (SSSR count). The van der Waals surface area contributed by atoms with Crippen LogP contribution >= 0.6 is 0 Å². The molecule has 1 saturated carbocycles. The van der Waals surface area contributed by atoms with Crippen LogP contribution in [0.15, 0.2) is 12.7 Å². The van der Waals surface area contributed by atoms with Crippen LogP contribution in [-0.4, -0.2) is 59.1 Å². The normalized spacial score (nSPS) is 31.4. The van der Waals surface area contributed by atoms with Crippen molar-refractivity contribution in [1.82, 2.24) is 4.90 Å². The molecule has 32 heavy (non-hydrogen) atoms. The SMILES string of the molecule is C=CC[C@]12CC[C@@H](O[Si](C(C)C)(C(C)C)C(C)C)[C@H](C1)[C@H](O)C(O)N2C(=O)OC(C)(C)C. The van der Waals surface area contributed by atoms with Gasteiger partial charge in [-0.15, -0.1) is 6.58 Å². The van der Waals surface area contributed by atoms with Crippen molar-refractivity contribution in [2.45, 2.75) is 134 Å². The summed E-state index contributed by atoms with van der Waals surface area (Å²) in [5, 5.41) is 22.3. The predicted octanol–water partition coefficient (Wildman–Crippen LogP) is 5.59. The fourth-order valence-electron chi connectivity index (χ4n) is 6.49. The first kappa shape index (κ1) is 27.4. The Balaban J connectivity index is 2.41. The number of rotatable bonds is 7. The zero-order valence-electron chi connectivity index (χ0n) is 21.7. The van der Waals surface area contributed by atoms with Crippen LogP contribution < -0.4 is 0 Å². The van der Waals surface area contributed by atoms with E-state index in [0.717, 1.165) is 6.42 Å². The molecule has 0 spiro atoms. The number of hydrogen-bond acceptors (Lipinski definition) is 5. The van der Waals surface area contributed by atoms with Gasteiger partial charge >= 0.3 is 6.09 Å². The Kier molecular flexibility index (Phi) is 8.35. The number of aliphatic hydroxyl groups is 2. The van der Waals surface area contributed by atoms with Crippen molar-refractivity contribution in [3.05, 3.63) is 12.7 Å². The second-order valence-electron chi connectivity index (χ2n) is 11.9. The van der Waals surface area contributed by atoms with Crippen LogP contribution in [0.25, 0.3) is 0 Å². The molecule has 1 unspecified atom stereocenters. The van der Waals surface area contributed by atoms with Gasteiger partial charge in [0.25, 0.3) is 0 Å². The average molecular weight is 470 g/mol. The molecule has 5 atom stereocenters. The smallest absolute Gasteiger partial charge is 0.412 e. The molecule has 2 bridgehead atoms. The molecule has 2 fully saturated rings. The minimum atomic E-state index is -2.15. The molecule has 0 aromatic heterocycles. The van der Waals surface area contributed by atoms with Crippen molar-refractivity contribution in [2.24, 2.45) is 5.92 Å². The van der Waals surface area contributed by atoms with Crippen molar-refractivity contribution in [3.8, 4) is 0 Å². The number of amides is 1. The fraction of sp³-hybridized carbons (Fsp3) is 0.880. The number of ether oxygens (including phenoxy) is 1. The Morgan fingerprint density at radius 2 is 1.69 bits per heavy atom. The van der Waals surface area contributed by atoms with E-state index in [-0.39, 0.29) is 12.0 Å². The number of carbonyl (C=O) groups is 1. The minimum Gasteiger partial charge on any atom is -0.444 e. The summed E-state index contributed by atoms with van der Waals surface area (Å²) in [6, 6.07) is 0. The quantitative estimate of drug-likeness (QED) is 0.375. The van der Waals surface area contributed by atoms with Gasteiger partial charge in [-0.2, -0.15) is 0 Å². The van der Waals surface area contributed by atoms with E-state index in [1.165, 1.54) is 4.90 Å². The lowest BCUT2D eigenvalue weighted by Crippen LogP contribution is -2.70. The summed E-state index contributed by atoms with van der Waals surface area (Å²) in [5.74, 6) is -0.236. The topological polar surface area (TPSA) is 79.2 Å². The van der Waals surface area contributed by atoms with Crippen molar-refractivity contribution >= 4 is 14.4 Å². The van der Waals surface area contributed by atoms with E-state index < -0.39 is 37.9 Å². The third-order valence-electron chi connectivity index (χ3n) is 7.68. The highest BCUT2D eigenvalue weighted by Crippen LogP contribution is 2.51. The van der Waals surface area contributed by atoms with Crippen LogP contribution in [0.1, 0.15) is 88.0 Å². The first-order valence-corrected chi connectivity index (χ1v) is 14.4. The largest absolute Gasteiger partial charge is 0.444 e. The van der Waals surface area contributed by atoms with Gasteiger partial charge < -0.3 is 19.4 Å². The van der Waals surface area contributed by atoms with E-state index in [2.05, 4.69) is 48.1 Å². The lowest BCUT2D eigenvalue weighted by molar-refractivity contribution is -0.208. The number of likely N-dealkylation sites (tertiary alicyclic amines) is 1. The number of carbonyl (C=O) groups excluding carboxylic acids is 1. The van der Waals surface area contributed by atoms with Gasteiger partial charge in [0.05, 0.1) is 11.6 Å². The van der Waals surface area contributed by atoms with E-state index in [9.17, 15) is 15.0 Å². The van der Waals surface area contributed by atoms with Crippen LogP contribution in [0, 0.1) is 5.92 Å². The van der Waals surface area contributed by atoms with Gasteiger partial charge in [-0.05, 0) is 63.1 Å². The minimum absolute atomic E-state index is 0.128. The second-order valence-corrected chi connectivity index (χ2v) is 17.3. The first-order valence-electron chi connectivity index (χ1n) is 12.3. The highest BCUT2D eigenvalue weighted by Gasteiger charge is 2.59. The summed E-state index contributed by atoms with van der Waals surface area (Å²) >= 11 is 0. The maximum Gasteiger partial charge on any atom is 0.412 e. The van der Waals surface area contributed by atoms with Gasteiger partial charge in [0.2, 0.25) is 8.32 Å². The summed E-state index contributed by atoms with van der Waals surface area (Å²) in [4.78, 5) is 14.5. The molecule has 1 aliphatic carbocycles. The average Bonchev–Trinajstić information content (AvgIpc) is 2.63. The molecule has 186 valence electrons. The van der Waals surface area contributed by atoms with E-state index in [0.29, 0.717) is 35.9 Å². The molecule has 1 heterocycles. The molecule has 2 aliphatic rings. The van der Waals surface area contributed by atoms with Crippen molar-refractivity contribution < 1.29 is 24.2 Å². The van der Waals surface area contributed by atoms with E-state index in [4.69, 9.17) is 9.16 Å². The molecule has 1 saturated heterocycles. The lowest BCUT2D eigenvalue weighted by Gasteiger charge is -2.59. The Morgan fingerprint density at radius 3 is 2.12 bits per heavy atom. The molecule has 2 N–H and O–H groups in total. The van der Waals surface area contributed by atoms with Crippen LogP contribution in [0.4, 0.5) is 4.79 Å². The molecule has 6 nitrogen and oxygen atoms in total. The molecule has 7 heteroatoms. The number of fused-ring (bicyclic) bond motifs is 2. The van der Waals surface area contributed by atoms with Gasteiger partial charge in [0.15, 0.2) is 6.23 Å². The van der Waals surface area contributed by atoms with Crippen molar-refractivity contribution in [1.29, 1.82) is 0 Å². The number of piperidine rings is 1. The molecule has 0 aromatic carbocycles. The van der Waals surface area contributed by atoms with Crippen LogP contribution in [-0.2, 0) is 9.16 Å². The standard InChI is InChI=1S/C25H47NO5Si/c1-11-13-25-14-12-20(31-32(16(2)3,17(4)5)18(6)7)19(15-25)21(27)22(28)26(25)23(29)30-24(8,9)10/h11,16-22,27-28H,1,12-15H2,2-10H3/t19-,20+,21-,22?,25-/m0/s1. The van der Waals surface area contributed by atoms with Crippen LogP contribution in [0.3, 0.4) is 0 Å². The number of nitrogens with zero attached hydrogens (tertiary/aromatic N) is 1. The summed E-state index contributed by atoms with van der Waals surface area (Å²) in [5.41, 5.74) is -0.000175. The molecule has 1 aliphatic heterocycles. The maximum atomic E-state index is 13.1. The van der Waals surface area contributed by atoms with Crippen LogP contribution in [0.5, 0.6) is 0 Å². The zero-order valence-corrected chi connectivity index (χ0v) is 22.7.